The summed E-state index contributed by atoms with van der Waals surface area (Å²) in [6, 6.07) is 15.6. The fourth-order valence-electron chi connectivity index (χ4n) is 3.58. The number of halogens is 2. The zero-order valence-electron chi connectivity index (χ0n) is 20.1. The highest BCUT2D eigenvalue weighted by Crippen LogP contribution is 2.27. The molecule has 0 spiro atoms. The zero-order valence-corrected chi connectivity index (χ0v) is 20.9. The summed E-state index contributed by atoms with van der Waals surface area (Å²) in [6.45, 7) is 2.42. The molecule has 0 heterocycles. The molecule has 0 radical (unpaired) electrons. The molecule has 0 unspecified atom stereocenters. The molecule has 3 rings (SSSR count). The van der Waals surface area contributed by atoms with Crippen LogP contribution in [0.15, 0.2) is 77.7 Å². The normalized spacial score (nSPS) is 12.0. The van der Waals surface area contributed by atoms with Crippen LogP contribution in [0.5, 0.6) is 0 Å². The first-order valence-corrected chi connectivity index (χ1v) is 12.6. The Labute approximate surface area is 209 Å². The van der Waals surface area contributed by atoms with Gasteiger partial charge in [-0.2, -0.15) is 0 Å². The largest absolute Gasteiger partial charge is 0.357 e. The summed E-state index contributed by atoms with van der Waals surface area (Å²) in [4.78, 5) is 27.0. The van der Waals surface area contributed by atoms with Crippen molar-refractivity contribution in [1.82, 2.24) is 10.2 Å². The van der Waals surface area contributed by atoms with Gasteiger partial charge in [0.2, 0.25) is 11.8 Å². The van der Waals surface area contributed by atoms with E-state index in [0.717, 1.165) is 11.6 Å². The maximum atomic E-state index is 14.8. The van der Waals surface area contributed by atoms with Gasteiger partial charge in [-0.1, -0.05) is 42.0 Å². The molecule has 7 nitrogen and oxygen atoms in total. The first-order chi connectivity index (χ1) is 17.0. The van der Waals surface area contributed by atoms with Gasteiger partial charge in [0.1, 0.15) is 24.2 Å². The van der Waals surface area contributed by atoms with Crippen LogP contribution in [0.1, 0.15) is 18.1 Å². The number of hydrogen-bond acceptors (Lipinski definition) is 4. The first-order valence-electron chi connectivity index (χ1n) is 11.1. The second kappa shape index (κ2) is 11.3. The van der Waals surface area contributed by atoms with Crippen molar-refractivity contribution in [2.75, 3.05) is 17.9 Å². The maximum Gasteiger partial charge on any atom is 0.264 e. The molecule has 0 fully saturated rings. The molecule has 10 heteroatoms. The molecule has 0 saturated heterocycles. The van der Waals surface area contributed by atoms with Crippen molar-refractivity contribution >= 4 is 27.5 Å². The predicted octanol–water partition coefficient (Wildman–Crippen LogP) is 3.63. The fraction of sp³-hybridized carbons (Fsp3) is 0.231. The number of benzene rings is 3. The summed E-state index contributed by atoms with van der Waals surface area (Å²) in [6.07, 6.45) is 0. The van der Waals surface area contributed by atoms with Crippen molar-refractivity contribution in [3.8, 4) is 0 Å². The molecule has 0 aliphatic carbocycles. The minimum Gasteiger partial charge on any atom is -0.357 e. The highest BCUT2D eigenvalue weighted by Gasteiger charge is 2.33. The van der Waals surface area contributed by atoms with E-state index in [-0.39, 0.29) is 17.1 Å². The van der Waals surface area contributed by atoms with Gasteiger partial charge in [-0.25, -0.2) is 17.2 Å². The van der Waals surface area contributed by atoms with E-state index in [1.54, 1.807) is 19.1 Å². The van der Waals surface area contributed by atoms with E-state index in [1.807, 2.05) is 0 Å². The summed E-state index contributed by atoms with van der Waals surface area (Å²) in [7, 11) is -2.95. The van der Waals surface area contributed by atoms with Crippen LogP contribution in [0.3, 0.4) is 0 Å². The molecular formula is C26H27F2N3O4S. The third-order valence-electron chi connectivity index (χ3n) is 5.69. The molecule has 0 saturated carbocycles. The summed E-state index contributed by atoms with van der Waals surface area (Å²) in [5, 5.41) is 2.47. The highest BCUT2D eigenvalue weighted by molar-refractivity contribution is 7.92. The minimum atomic E-state index is -4.36. The van der Waals surface area contributed by atoms with Crippen molar-refractivity contribution in [2.24, 2.45) is 0 Å². The van der Waals surface area contributed by atoms with Crippen LogP contribution in [-0.4, -0.2) is 44.8 Å². The van der Waals surface area contributed by atoms with E-state index in [2.05, 4.69) is 5.32 Å². The fourth-order valence-corrected chi connectivity index (χ4v) is 5.00. The number of likely N-dealkylation sites (N-methyl/N-ethyl adjacent to an activating group) is 1. The van der Waals surface area contributed by atoms with Crippen molar-refractivity contribution in [2.45, 2.75) is 31.3 Å². The quantitative estimate of drug-likeness (QED) is 0.472. The number of nitrogens with zero attached hydrogens (tertiary/aromatic N) is 2. The van der Waals surface area contributed by atoms with Crippen LogP contribution in [0.4, 0.5) is 14.5 Å². The van der Waals surface area contributed by atoms with Gasteiger partial charge >= 0.3 is 0 Å². The third kappa shape index (κ3) is 6.06. The molecule has 1 atom stereocenters. The average molecular weight is 516 g/mol. The summed E-state index contributed by atoms with van der Waals surface area (Å²) < 4.78 is 56.0. The van der Waals surface area contributed by atoms with E-state index in [0.29, 0.717) is 9.87 Å². The van der Waals surface area contributed by atoms with Gasteiger partial charge in [-0.3, -0.25) is 13.9 Å². The van der Waals surface area contributed by atoms with Gasteiger partial charge in [-0.15, -0.1) is 0 Å². The average Bonchev–Trinajstić information content (AvgIpc) is 2.86. The van der Waals surface area contributed by atoms with E-state index in [9.17, 15) is 26.8 Å². The van der Waals surface area contributed by atoms with E-state index in [1.165, 1.54) is 73.5 Å². The van der Waals surface area contributed by atoms with Crippen molar-refractivity contribution < 1.29 is 26.8 Å². The number of hydrogen-bond donors (Lipinski definition) is 1. The van der Waals surface area contributed by atoms with Gasteiger partial charge in [0.15, 0.2) is 0 Å². The van der Waals surface area contributed by atoms with Crippen LogP contribution in [0.25, 0.3) is 0 Å². The Kier molecular flexibility index (Phi) is 8.41. The molecule has 0 aliphatic heterocycles. The molecule has 0 aliphatic rings. The Bertz CT molecular complexity index is 1330. The Balaban J connectivity index is 2.04. The number of anilines is 1. The number of para-hydroxylation sites is 1. The number of carbonyl (C=O) groups excluding carboxylic acids is 2. The Morgan fingerprint density at radius 1 is 0.944 bits per heavy atom. The summed E-state index contributed by atoms with van der Waals surface area (Å²) in [5.74, 6) is -2.52. The molecular weight excluding hydrogens is 488 g/mol. The lowest BCUT2D eigenvalue weighted by molar-refractivity contribution is -0.139. The van der Waals surface area contributed by atoms with Gasteiger partial charge in [0, 0.05) is 13.6 Å². The predicted molar refractivity (Wildman–Crippen MR) is 133 cm³/mol. The van der Waals surface area contributed by atoms with Crippen molar-refractivity contribution in [1.29, 1.82) is 0 Å². The lowest BCUT2D eigenvalue weighted by Gasteiger charge is -2.31. The van der Waals surface area contributed by atoms with E-state index < -0.39 is 46.1 Å². The summed E-state index contributed by atoms with van der Waals surface area (Å²) >= 11 is 0. The number of carbonyl (C=O) groups is 2. The van der Waals surface area contributed by atoms with Gasteiger partial charge in [-0.05, 0) is 55.8 Å². The molecule has 2 amide bonds. The monoisotopic (exact) mass is 515 g/mol. The number of rotatable bonds is 9. The molecule has 190 valence electrons. The maximum absolute atomic E-state index is 14.8. The lowest BCUT2D eigenvalue weighted by Crippen LogP contribution is -2.50. The Morgan fingerprint density at radius 3 is 2.14 bits per heavy atom. The zero-order chi connectivity index (χ0) is 26.5. The SMILES string of the molecule is CNC(=O)[C@H](C)N(Cc1ccc(F)cc1)C(=O)CN(c1ccccc1F)S(=O)(=O)c1ccc(C)cc1. The van der Waals surface area contributed by atoms with Crippen LogP contribution < -0.4 is 9.62 Å². The first kappa shape index (κ1) is 26.8. The number of amides is 2. The smallest absolute Gasteiger partial charge is 0.264 e. The second-order valence-corrected chi connectivity index (χ2v) is 10.1. The molecule has 0 aromatic heterocycles. The highest BCUT2D eigenvalue weighted by atomic mass is 32.2. The lowest BCUT2D eigenvalue weighted by atomic mass is 10.1. The molecule has 36 heavy (non-hydrogen) atoms. The van der Waals surface area contributed by atoms with E-state index >= 15 is 0 Å². The van der Waals surface area contributed by atoms with Gasteiger partial charge in [0.25, 0.3) is 10.0 Å². The number of nitrogens with one attached hydrogen (secondary N) is 1. The van der Waals surface area contributed by atoms with Crippen LogP contribution in [0, 0.1) is 18.6 Å². The molecule has 3 aromatic carbocycles. The van der Waals surface area contributed by atoms with Crippen LogP contribution in [0.2, 0.25) is 0 Å². The van der Waals surface area contributed by atoms with Crippen molar-refractivity contribution in [3.05, 3.63) is 95.6 Å². The second-order valence-electron chi connectivity index (χ2n) is 8.21. The number of aryl methyl sites for hydroxylation is 1. The van der Waals surface area contributed by atoms with Crippen LogP contribution >= 0.6 is 0 Å². The minimum absolute atomic E-state index is 0.0939. The molecule has 0 bridgehead atoms. The van der Waals surface area contributed by atoms with Gasteiger partial charge in [0.05, 0.1) is 10.6 Å². The van der Waals surface area contributed by atoms with E-state index in [4.69, 9.17) is 0 Å². The standard InChI is InChI=1S/C26H27F2N3O4S/c1-18-8-14-22(15-9-18)36(34,35)31(24-7-5-4-6-23(24)28)17-25(32)30(19(2)26(33)29-3)16-20-10-12-21(27)13-11-20/h4-15,19H,16-17H2,1-3H3,(H,29,33)/t19-/m0/s1. The van der Waals surface area contributed by atoms with Crippen molar-refractivity contribution in [3.63, 3.8) is 0 Å². The Hall–Kier alpha value is -3.79. The van der Waals surface area contributed by atoms with Crippen LogP contribution in [-0.2, 0) is 26.2 Å². The Morgan fingerprint density at radius 2 is 1.56 bits per heavy atom. The summed E-state index contributed by atoms with van der Waals surface area (Å²) in [5.41, 5.74) is 1.05. The topological polar surface area (TPSA) is 86.8 Å². The number of sulfonamides is 1. The molecule has 1 N–H and O–H groups in total. The van der Waals surface area contributed by atoms with Gasteiger partial charge < -0.3 is 10.2 Å². The molecule has 3 aromatic rings. The third-order valence-corrected chi connectivity index (χ3v) is 7.46.